The van der Waals surface area contributed by atoms with Crippen LogP contribution in [-0.2, 0) is 13.0 Å². The number of urea groups is 1. The van der Waals surface area contributed by atoms with Crippen molar-refractivity contribution in [1.29, 1.82) is 0 Å². The zero-order chi connectivity index (χ0) is 18.0. The molecule has 25 heavy (non-hydrogen) atoms. The Kier molecular flexibility index (Phi) is 4.95. The van der Waals surface area contributed by atoms with Crippen LogP contribution in [0.5, 0.6) is 0 Å². The van der Waals surface area contributed by atoms with Crippen molar-refractivity contribution in [3.8, 4) is 0 Å². The molecule has 0 spiro atoms. The highest BCUT2D eigenvalue weighted by molar-refractivity contribution is 6.31. The van der Waals surface area contributed by atoms with E-state index >= 15 is 0 Å². The fourth-order valence-corrected chi connectivity index (χ4v) is 3.02. The van der Waals surface area contributed by atoms with Crippen molar-refractivity contribution in [3.05, 3.63) is 63.7 Å². The molecular formula is C19H20ClN3O2. The lowest BCUT2D eigenvalue weighted by molar-refractivity contribution is 0.0816. The van der Waals surface area contributed by atoms with Crippen LogP contribution >= 0.6 is 11.6 Å². The van der Waals surface area contributed by atoms with E-state index in [9.17, 15) is 9.59 Å². The van der Waals surface area contributed by atoms with Crippen LogP contribution in [0, 0.1) is 6.92 Å². The summed E-state index contributed by atoms with van der Waals surface area (Å²) in [6, 6.07) is 11.0. The van der Waals surface area contributed by atoms with Gasteiger partial charge in [-0.05, 0) is 48.2 Å². The second-order valence-electron chi connectivity index (χ2n) is 6.25. The molecule has 0 atom stereocenters. The molecule has 0 fully saturated rings. The fourth-order valence-electron chi connectivity index (χ4n) is 2.84. The first-order valence-electron chi connectivity index (χ1n) is 8.12. The van der Waals surface area contributed by atoms with Gasteiger partial charge in [0, 0.05) is 36.4 Å². The average molecular weight is 358 g/mol. The number of hydrogen-bond donors (Lipinski definition) is 2. The molecule has 1 aliphatic heterocycles. The van der Waals surface area contributed by atoms with E-state index in [-0.39, 0.29) is 11.9 Å². The maximum Gasteiger partial charge on any atom is 0.319 e. The third-order valence-corrected chi connectivity index (χ3v) is 4.69. The van der Waals surface area contributed by atoms with Crippen LogP contribution in [0.4, 0.5) is 10.5 Å². The van der Waals surface area contributed by atoms with Gasteiger partial charge in [-0.1, -0.05) is 29.8 Å². The Balaban J connectivity index is 1.51. The van der Waals surface area contributed by atoms with Gasteiger partial charge < -0.3 is 15.5 Å². The highest BCUT2D eigenvalue weighted by atomic mass is 35.5. The molecule has 130 valence electrons. The minimum absolute atomic E-state index is 0.0656. The number of nitrogens with zero attached hydrogens (tertiary/aromatic N) is 1. The van der Waals surface area contributed by atoms with Crippen LogP contribution in [-0.4, -0.2) is 30.4 Å². The Morgan fingerprint density at radius 2 is 2.04 bits per heavy atom. The van der Waals surface area contributed by atoms with Gasteiger partial charge in [-0.15, -0.1) is 0 Å². The number of fused-ring (bicyclic) bond motifs is 1. The zero-order valence-electron chi connectivity index (χ0n) is 14.2. The predicted octanol–water partition coefficient (Wildman–Crippen LogP) is 3.60. The van der Waals surface area contributed by atoms with Crippen LogP contribution in [0.2, 0.25) is 5.02 Å². The first kappa shape index (κ1) is 17.3. The maximum absolute atomic E-state index is 12.0. The van der Waals surface area contributed by atoms with Crippen molar-refractivity contribution in [2.75, 3.05) is 18.9 Å². The molecule has 6 heteroatoms. The molecule has 2 aromatic rings. The maximum atomic E-state index is 12.0. The Morgan fingerprint density at radius 3 is 2.80 bits per heavy atom. The Bertz CT molecular complexity index is 835. The van der Waals surface area contributed by atoms with Crippen molar-refractivity contribution in [2.24, 2.45) is 0 Å². The average Bonchev–Trinajstić information content (AvgIpc) is 2.85. The summed E-state index contributed by atoms with van der Waals surface area (Å²) in [6.07, 6.45) is 0.702. The first-order valence-corrected chi connectivity index (χ1v) is 8.50. The molecule has 2 N–H and O–H groups in total. The number of anilines is 1. The number of aryl methyl sites for hydroxylation is 1. The van der Waals surface area contributed by atoms with Gasteiger partial charge in [-0.3, -0.25) is 4.79 Å². The summed E-state index contributed by atoms with van der Waals surface area (Å²) < 4.78 is 0. The number of halogens is 1. The van der Waals surface area contributed by atoms with Crippen molar-refractivity contribution in [2.45, 2.75) is 19.9 Å². The lowest BCUT2D eigenvalue weighted by Crippen LogP contribution is -2.30. The van der Waals surface area contributed by atoms with Gasteiger partial charge in [0.1, 0.15) is 0 Å². The number of rotatable bonds is 4. The second-order valence-corrected chi connectivity index (χ2v) is 6.65. The van der Waals surface area contributed by atoms with Crippen LogP contribution in [0.25, 0.3) is 0 Å². The van der Waals surface area contributed by atoms with Gasteiger partial charge in [0.2, 0.25) is 0 Å². The largest absolute Gasteiger partial charge is 0.338 e. The van der Waals surface area contributed by atoms with Crippen LogP contribution in [0.1, 0.15) is 27.0 Å². The smallest absolute Gasteiger partial charge is 0.319 e. The Morgan fingerprint density at radius 1 is 1.24 bits per heavy atom. The van der Waals surface area contributed by atoms with Crippen molar-refractivity contribution < 1.29 is 9.59 Å². The molecule has 2 aromatic carbocycles. The topological polar surface area (TPSA) is 61.4 Å². The van der Waals surface area contributed by atoms with E-state index < -0.39 is 0 Å². The zero-order valence-corrected chi connectivity index (χ0v) is 15.0. The molecule has 0 radical (unpaired) electrons. The number of benzene rings is 2. The molecule has 1 aliphatic rings. The Hall–Kier alpha value is -2.53. The van der Waals surface area contributed by atoms with E-state index in [2.05, 4.69) is 10.6 Å². The molecule has 0 saturated heterocycles. The van der Waals surface area contributed by atoms with E-state index in [0.29, 0.717) is 30.2 Å². The number of amides is 3. The van der Waals surface area contributed by atoms with Gasteiger partial charge in [0.15, 0.2) is 0 Å². The van der Waals surface area contributed by atoms with Gasteiger partial charge in [0.05, 0.1) is 0 Å². The molecule has 0 unspecified atom stereocenters. The van der Waals surface area contributed by atoms with Gasteiger partial charge >= 0.3 is 6.03 Å². The number of carbonyl (C=O) groups excluding carboxylic acids is 2. The summed E-state index contributed by atoms with van der Waals surface area (Å²) >= 11 is 6.05. The fraction of sp³-hybridized carbons (Fsp3) is 0.263. The molecule has 3 rings (SSSR count). The van der Waals surface area contributed by atoms with Gasteiger partial charge in [0.25, 0.3) is 5.91 Å². The lowest BCUT2D eigenvalue weighted by atomic mass is 10.0. The van der Waals surface area contributed by atoms with Crippen LogP contribution in [0.15, 0.2) is 36.4 Å². The van der Waals surface area contributed by atoms with Gasteiger partial charge in [-0.25, -0.2) is 4.79 Å². The lowest BCUT2D eigenvalue weighted by Gasteiger charge is -2.09. The van der Waals surface area contributed by atoms with Crippen molar-refractivity contribution in [1.82, 2.24) is 10.2 Å². The monoisotopic (exact) mass is 357 g/mol. The molecule has 0 saturated carbocycles. The molecule has 0 aliphatic carbocycles. The molecule has 0 aromatic heterocycles. The summed E-state index contributed by atoms with van der Waals surface area (Å²) in [7, 11) is 1.80. The highest BCUT2D eigenvalue weighted by Crippen LogP contribution is 2.22. The quantitative estimate of drug-likeness (QED) is 0.878. The van der Waals surface area contributed by atoms with Crippen molar-refractivity contribution in [3.63, 3.8) is 0 Å². The standard InChI is InChI=1S/C19H20ClN3O2/c1-12-3-5-15(10-17(12)20)22-19(25)21-8-7-13-4-6-16-14(9-13)11-23(2)18(16)24/h3-6,9-10H,7-8,11H2,1-2H3,(H2,21,22,25). The summed E-state index contributed by atoms with van der Waals surface area (Å²) in [6.45, 7) is 3.06. The van der Waals surface area contributed by atoms with Crippen LogP contribution in [0.3, 0.4) is 0 Å². The molecule has 1 heterocycles. The summed E-state index contributed by atoms with van der Waals surface area (Å²) in [5, 5.41) is 6.21. The Labute approximate surface area is 152 Å². The first-order chi connectivity index (χ1) is 11.9. The second kappa shape index (κ2) is 7.15. The molecular weight excluding hydrogens is 338 g/mol. The highest BCUT2D eigenvalue weighted by Gasteiger charge is 2.23. The van der Waals surface area contributed by atoms with Gasteiger partial charge in [-0.2, -0.15) is 0 Å². The third-order valence-electron chi connectivity index (χ3n) is 4.28. The molecule has 5 nitrogen and oxygen atoms in total. The summed E-state index contributed by atoms with van der Waals surface area (Å²) in [5.74, 6) is 0.0656. The molecule has 3 amide bonds. The summed E-state index contributed by atoms with van der Waals surface area (Å²) in [5.41, 5.74) is 4.54. The number of carbonyl (C=O) groups is 2. The van der Waals surface area contributed by atoms with E-state index in [1.807, 2.05) is 37.3 Å². The number of nitrogens with one attached hydrogen (secondary N) is 2. The van der Waals surface area contributed by atoms with Crippen LogP contribution < -0.4 is 10.6 Å². The minimum atomic E-state index is -0.268. The van der Waals surface area contributed by atoms with E-state index in [1.165, 1.54) is 0 Å². The number of hydrogen-bond acceptors (Lipinski definition) is 2. The van der Waals surface area contributed by atoms with Crippen molar-refractivity contribution >= 4 is 29.2 Å². The van der Waals surface area contributed by atoms with E-state index in [0.717, 1.165) is 22.3 Å². The van der Waals surface area contributed by atoms with E-state index in [4.69, 9.17) is 11.6 Å². The predicted molar refractivity (Wildman–Crippen MR) is 99.2 cm³/mol. The SMILES string of the molecule is Cc1ccc(NC(=O)NCCc2ccc3c(c2)CN(C)C3=O)cc1Cl. The minimum Gasteiger partial charge on any atom is -0.338 e. The third kappa shape index (κ3) is 3.94. The summed E-state index contributed by atoms with van der Waals surface area (Å²) in [4.78, 5) is 25.5. The normalized spacial score (nSPS) is 12.9. The van der Waals surface area contributed by atoms with E-state index in [1.54, 1.807) is 18.0 Å². The molecule has 0 bridgehead atoms.